The lowest BCUT2D eigenvalue weighted by Gasteiger charge is -2.26. The Balaban J connectivity index is 1.63. The molecule has 0 aliphatic heterocycles. The SMILES string of the molecule is N#CC1CCCC1NC(=O)C1CCc2ccccc2C1. The summed E-state index contributed by atoms with van der Waals surface area (Å²) in [5, 5.41) is 12.2. The molecule has 104 valence electrons. The summed E-state index contributed by atoms with van der Waals surface area (Å²) in [5.74, 6) is 0.228. The average molecular weight is 268 g/mol. The second-order valence-electron chi connectivity index (χ2n) is 5.99. The Labute approximate surface area is 120 Å². The number of aryl methyl sites for hydroxylation is 1. The van der Waals surface area contributed by atoms with Crippen molar-refractivity contribution in [2.24, 2.45) is 11.8 Å². The van der Waals surface area contributed by atoms with E-state index < -0.39 is 0 Å². The fourth-order valence-corrected chi connectivity index (χ4v) is 3.51. The van der Waals surface area contributed by atoms with Gasteiger partial charge in [-0.2, -0.15) is 5.26 Å². The molecule has 0 saturated heterocycles. The molecule has 3 rings (SSSR count). The van der Waals surface area contributed by atoms with Crippen LogP contribution in [0.4, 0.5) is 0 Å². The van der Waals surface area contributed by atoms with Crippen LogP contribution in [0.15, 0.2) is 24.3 Å². The van der Waals surface area contributed by atoms with Crippen molar-refractivity contribution in [2.45, 2.75) is 44.6 Å². The molecule has 0 spiro atoms. The lowest BCUT2D eigenvalue weighted by Crippen LogP contribution is -2.42. The highest BCUT2D eigenvalue weighted by atomic mass is 16.1. The van der Waals surface area contributed by atoms with E-state index in [1.807, 2.05) is 6.07 Å². The summed E-state index contributed by atoms with van der Waals surface area (Å²) < 4.78 is 0. The minimum absolute atomic E-state index is 0.00910. The van der Waals surface area contributed by atoms with Gasteiger partial charge in [0.05, 0.1) is 12.0 Å². The fourth-order valence-electron chi connectivity index (χ4n) is 3.51. The van der Waals surface area contributed by atoms with Crippen LogP contribution in [0.2, 0.25) is 0 Å². The minimum atomic E-state index is 0.00910. The van der Waals surface area contributed by atoms with Gasteiger partial charge in [0.2, 0.25) is 5.91 Å². The number of nitriles is 1. The molecule has 3 unspecified atom stereocenters. The van der Waals surface area contributed by atoms with Gasteiger partial charge in [-0.05, 0) is 49.7 Å². The highest BCUT2D eigenvalue weighted by molar-refractivity contribution is 5.79. The zero-order chi connectivity index (χ0) is 13.9. The van der Waals surface area contributed by atoms with E-state index in [-0.39, 0.29) is 23.8 Å². The third-order valence-electron chi connectivity index (χ3n) is 4.73. The molecule has 20 heavy (non-hydrogen) atoms. The highest BCUT2D eigenvalue weighted by Gasteiger charge is 2.31. The van der Waals surface area contributed by atoms with Crippen molar-refractivity contribution >= 4 is 5.91 Å². The summed E-state index contributed by atoms with van der Waals surface area (Å²) in [6.45, 7) is 0. The first-order valence-corrected chi connectivity index (χ1v) is 7.54. The molecule has 3 nitrogen and oxygen atoms in total. The summed E-state index contributed by atoms with van der Waals surface area (Å²) in [4.78, 5) is 12.4. The zero-order valence-corrected chi connectivity index (χ0v) is 11.6. The number of hydrogen-bond acceptors (Lipinski definition) is 2. The summed E-state index contributed by atoms with van der Waals surface area (Å²) in [7, 11) is 0. The van der Waals surface area contributed by atoms with Crippen LogP contribution in [0, 0.1) is 23.2 Å². The van der Waals surface area contributed by atoms with Gasteiger partial charge >= 0.3 is 0 Å². The van der Waals surface area contributed by atoms with Gasteiger partial charge in [-0.1, -0.05) is 24.3 Å². The predicted octanol–water partition coefficient (Wildman–Crippen LogP) is 2.60. The lowest BCUT2D eigenvalue weighted by atomic mass is 9.83. The van der Waals surface area contributed by atoms with E-state index >= 15 is 0 Å². The van der Waals surface area contributed by atoms with Crippen molar-refractivity contribution in [2.75, 3.05) is 0 Å². The van der Waals surface area contributed by atoms with Crippen LogP contribution in [-0.2, 0) is 17.6 Å². The number of hydrogen-bond donors (Lipinski definition) is 1. The van der Waals surface area contributed by atoms with Gasteiger partial charge in [0.15, 0.2) is 0 Å². The smallest absolute Gasteiger partial charge is 0.223 e. The van der Waals surface area contributed by atoms with Crippen LogP contribution < -0.4 is 5.32 Å². The lowest BCUT2D eigenvalue weighted by molar-refractivity contribution is -0.126. The van der Waals surface area contributed by atoms with Crippen LogP contribution in [-0.4, -0.2) is 11.9 Å². The number of nitrogens with one attached hydrogen (secondary N) is 1. The number of carbonyl (C=O) groups is 1. The monoisotopic (exact) mass is 268 g/mol. The Bertz CT molecular complexity index is 546. The van der Waals surface area contributed by atoms with E-state index in [1.54, 1.807) is 0 Å². The maximum atomic E-state index is 12.4. The Morgan fingerprint density at radius 3 is 2.80 bits per heavy atom. The molecule has 1 saturated carbocycles. The maximum Gasteiger partial charge on any atom is 0.223 e. The van der Waals surface area contributed by atoms with Crippen LogP contribution in [0.1, 0.15) is 36.8 Å². The van der Waals surface area contributed by atoms with Crippen molar-refractivity contribution in [3.63, 3.8) is 0 Å². The van der Waals surface area contributed by atoms with Gasteiger partial charge in [-0.25, -0.2) is 0 Å². The first-order valence-electron chi connectivity index (χ1n) is 7.54. The van der Waals surface area contributed by atoms with Crippen LogP contribution in [0.25, 0.3) is 0 Å². The fraction of sp³-hybridized carbons (Fsp3) is 0.529. The predicted molar refractivity (Wildman–Crippen MR) is 76.8 cm³/mol. The van der Waals surface area contributed by atoms with Gasteiger partial charge in [0.25, 0.3) is 0 Å². The Kier molecular flexibility index (Phi) is 3.73. The van der Waals surface area contributed by atoms with Gasteiger partial charge in [-0.15, -0.1) is 0 Å². The van der Waals surface area contributed by atoms with E-state index in [0.717, 1.165) is 38.5 Å². The Hall–Kier alpha value is -1.82. The molecule has 0 heterocycles. The van der Waals surface area contributed by atoms with Gasteiger partial charge < -0.3 is 5.32 Å². The molecule has 1 fully saturated rings. The molecular formula is C17H20N2O. The number of benzene rings is 1. The largest absolute Gasteiger partial charge is 0.352 e. The van der Waals surface area contributed by atoms with E-state index in [0.29, 0.717) is 0 Å². The number of fused-ring (bicyclic) bond motifs is 1. The van der Waals surface area contributed by atoms with E-state index in [9.17, 15) is 4.79 Å². The number of rotatable bonds is 2. The summed E-state index contributed by atoms with van der Waals surface area (Å²) in [6, 6.07) is 10.8. The second kappa shape index (κ2) is 5.66. The van der Waals surface area contributed by atoms with Crippen molar-refractivity contribution in [1.82, 2.24) is 5.32 Å². The normalized spacial score (nSPS) is 28.4. The summed E-state index contributed by atoms with van der Waals surface area (Å²) in [5.41, 5.74) is 2.69. The third kappa shape index (κ3) is 2.56. The first kappa shape index (κ1) is 13.2. The maximum absolute atomic E-state index is 12.4. The number of amides is 1. The second-order valence-corrected chi connectivity index (χ2v) is 5.99. The molecule has 1 N–H and O–H groups in total. The molecule has 2 aliphatic rings. The average Bonchev–Trinajstić information content (AvgIpc) is 2.94. The van der Waals surface area contributed by atoms with Crippen molar-refractivity contribution < 1.29 is 4.79 Å². The van der Waals surface area contributed by atoms with Crippen molar-refractivity contribution in [3.8, 4) is 6.07 Å². The highest BCUT2D eigenvalue weighted by Crippen LogP contribution is 2.28. The molecule has 3 heteroatoms. The van der Waals surface area contributed by atoms with Crippen molar-refractivity contribution in [3.05, 3.63) is 35.4 Å². The molecular weight excluding hydrogens is 248 g/mol. The molecule has 0 aromatic heterocycles. The van der Waals surface area contributed by atoms with E-state index in [2.05, 4.69) is 29.6 Å². The van der Waals surface area contributed by atoms with Crippen LogP contribution in [0.5, 0.6) is 0 Å². The topological polar surface area (TPSA) is 52.9 Å². The molecule has 3 atom stereocenters. The molecule has 1 aromatic carbocycles. The Morgan fingerprint density at radius 1 is 1.20 bits per heavy atom. The molecule has 2 aliphatic carbocycles. The van der Waals surface area contributed by atoms with Crippen molar-refractivity contribution in [1.29, 1.82) is 5.26 Å². The van der Waals surface area contributed by atoms with Gasteiger partial charge in [0.1, 0.15) is 0 Å². The third-order valence-corrected chi connectivity index (χ3v) is 4.73. The summed E-state index contributed by atoms with van der Waals surface area (Å²) in [6.07, 6.45) is 5.68. The molecule has 0 bridgehead atoms. The van der Waals surface area contributed by atoms with Gasteiger partial charge in [0, 0.05) is 12.0 Å². The van der Waals surface area contributed by atoms with E-state index in [1.165, 1.54) is 11.1 Å². The first-order chi connectivity index (χ1) is 9.78. The van der Waals surface area contributed by atoms with Gasteiger partial charge in [-0.3, -0.25) is 4.79 Å². The minimum Gasteiger partial charge on any atom is -0.352 e. The van der Waals surface area contributed by atoms with E-state index in [4.69, 9.17) is 5.26 Å². The summed E-state index contributed by atoms with van der Waals surface area (Å²) >= 11 is 0. The van der Waals surface area contributed by atoms with Crippen LogP contribution in [0.3, 0.4) is 0 Å². The Morgan fingerprint density at radius 2 is 2.00 bits per heavy atom. The quantitative estimate of drug-likeness (QED) is 0.896. The van der Waals surface area contributed by atoms with Crippen LogP contribution >= 0.6 is 0 Å². The standard InChI is InChI=1S/C17H20N2O/c18-11-15-6-3-7-16(15)19-17(20)14-9-8-12-4-1-2-5-13(12)10-14/h1-2,4-5,14-16H,3,6-10H2,(H,19,20). The zero-order valence-electron chi connectivity index (χ0n) is 11.6. The molecule has 1 aromatic rings. The number of nitrogens with zero attached hydrogens (tertiary/aromatic N) is 1. The number of carbonyl (C=O) groups excluding carboxylic acids is 1. The molecule has 1 amide bonds. The molecule has 0 radical (unpaired) electrons.